The first-order valence-corrected chi connectivity index (χ1v) is 5.67. The molecule has 0 aromatic heterocycles. The van der Waals surface area contributed by atoms with Gasteiger partial charge in [-0.3, -0.25) is 0 Å². The average Bonchev–Trinajstić information content (AvgIpc) is 2.29. The highest BCUT2D eigenvalue weighted by Crippen LogP contribution is 2.18. The first-order chi connectivity index (χ1) is 8.06. The van der Waals surface area contributed by atoms with Crippen molar-refractivity contribution in [3.05, 3.63) is 28.8 Å². The fourth-order valence-corrected chi connectivity index (χ4v) is 1.51. The summed E-state index contributed by atoms with van der Waals surface area (Å²) < 4.78 is 10.2. The minimum atomic E-state index is -0.349. The lowest BCUT2D eigenvalue weighted by Gasteiger charge is -2.10. The monoisotopic (exact) mass is 237 g/mol. The van der Waals surface area contributed by atoms with Crippen LogP contribution in [0.4, 0.5) is 5.69 Å². The number of nitrogen functional groups attached to an aromatic ring is 1. The van der Waals surface area contributed by atoms with Gasteiger partial charge in [0.25, 0.3) is 0 Å². The molecule has 0 amide bonds. The third-order valence-corrected chi connectivity index (χ3v) is 2.57. The quantitative estimate of drug-likeness (QED) is 0.484. The van der Waals surface area contributed by atoms with Crippen LogP contribution in [-0.2, 0) is 9.47 Å². The Morgan fingerprint density at radius 3 is 2.65 bits per heavy atom. The molecule has 0 fully saturated rings. The van der Waals surface area contributed by atoms with E-state index in [0.717, 1.165) is 11.1 Å². The number of esters is 1. The smallest absolute Gasteiger partial charge is 0.338 e. The zero-order chi connectivity index (χ0) is 12.8. The van der Waals surface area contributed by atoms with E-state index < -0.39 is 0 Å². The van der Waals surface area contributed by atoms with Gasteiger partial charge in [0.1, 0.15) is 6.61 Å². The van der Waals surface area contributed by atoms with E-state index in [1.807, 2.05) is 26.8 Å². The lowest BCUT2D eigenvalue weighted by Crippen LogP contribution is -2.13. The number of benzene rings is 1. The number of hydrogen-bond acceptors (Lipinski definition) is 4. The molecular weight excluding hydrogens is 218 g/mol. The Hall–Kier alpha value is -1.55. The summed E-state index contributed by atoms with van der Waals surface area (Å²) in [6.07, 6.45) is 0. The van der Waals surface area contributed by atoms with Crippen LogP contribution >= 0.6 is 0 Å². The molecule has 2 N–H and O–H groups in total. The van der Waals surface area contributed by atoms with E-state index in [4.69, 9.17) is 15.2 Å². The van der Waals surface area contributed by atoms with Crippen molar-refractivity contribution in [3.8, 4) is 0 Å². The second-order valence-electron chi connectivity index (χ2n) is 3.84. The minimum absolute atomic E-state index is 0.264. The Morgan fingerprint density at radius 2 is 2.00 bits per heavy atom. The van der Waals surface area contributed by atoms with Gasteiger partial charge in [-0.15, -0.1) is 0 Å². The maximum absolute atomic E-state index is 11.8. The van der Waals surface area contributed by atoms with Crippen molar-refractivity contribution in [3.63, 3.8) is 0 Å². The Kier molecular flexibility index (Phi) is 4.97. The lowest BCUT2D eigenvalue weighted by molar-refractivity contribution is 0.0334. The molecule has 0 saturated carbocycles. The fraction of sp³-hybridized carbons (Fsp3) is 0.462. The third kappa shape index (κ3) is 3.75. The minimum Gasteiger partial charge on any atom is -0.460 e. The normalized spacial score (nSPS) is 10.3. The van der Waals surface area contributed by atoms with Gasteiger partial charge in [0.05, 0.1) is 12.2 Å². The van der Waals surface area contributed by atoms with Gasteiger partial charge in [0.15, 0.2) is 0 Å². The highest BCUT2D eigenvalue weighted by molar-refractivity contribution is 5.92. The molecule has 0 unspecified atom stereocenters. The maximum atomic E-state index is 11.8. The molecule has 4 nitrogen and oxygen atoms in total. The number of anilines is 1. The molecule has 1 aromatic rings. The standard InChI is InChI=1S/C13H19NO3/c1-4-16-5-6-17-13(15)12-8-11(14)7-9(2)10(12)3/h7-8H,4-6,14H2,1-3H3. The van der Waals surface area contributed by atoms with Crippen molar-refractivity contribution >= 4 is 11.7 Å². The van der Waals surface area contributed by atoms with Gasteiger partial charge in [0, 0.05) is 12.3 Å². The third-order valence-electron chi connectivity index (χ3n) is 2.57. The summed E-state index contributed by atoms with van der Waals surface area (Å²) in [5.74, 6) is -0.349. The predicted octanol–water partition coefficient (Wildman–Crippen LogP) is 2.08. The number of nitrogens with two attached hydrogens (primary N) is 1. The van der Waals surface area contributed by atoms with Crippen molar-refractivity contribution in [2.75, 3.05) is 25.6 Å². The van der Waals surface area contributed by atoms with Crippen LogP contribution < -0.4 is 5.73 Å². The molecule has 0 radical (unpaired) electrons. The number of carbonyl (C=O) groups excluding carboxylic acids is 1. The second-order valence-corrected chi connectivity index (χ2v) is 3.84. The van der Waals surface area contributed by atoms with Crippen molar-refractivity contribution in [1.82, 2.24) is 0 Å². The zero-order valence-electron chi connectivity index (χ0n) is 10.6. The summed E-state index contributed by atoms with van der Waals surface area (Å²) in [7, 11) is 0. The van der Waals surface area contributed by atoms with Gasteiger partial charge in [-0.2, -0.15) is 0 Å². The van der Waals surface area contributed by atoms with Gasteiger partial charge >= 0.3 is 5.97 Å². The molecule has 0 spiro atoms. The molecule has 0 saturated heterocycles. The van der Waals surface area contributed by atoms with E-state index in [0.29, 0.717) is 24.5 Å². The molecule has 0 heterocycles. The summed E-state index contributed by atoms with van der Waals surface area (Å²) >= 11 is 0. The number of hydrogen-bond donors (Lipinski definition) is 1. The van der Waals surface area contributed by atoms with E-state index in [2.05, 4.69) is 0 Å². The maximum Gasteiger partial charge on any atom is 0.338 e. The SMILES string of the molecule is CCOCCOC(=O)c1cc(N)cc(C)c1C. The van der Waals surface area contributed by atoms with Gasteiger partial charge in [0.2, 0.25) is 0 Å². The summed E-state index contributed by atoms with van der Waals surface area (Å²) in [6.45, 7) is 7.00. The summed E-state index contributed by atoms with van der Waals surface area (Å²) in [5.41, 5.74) is 8.70. The molecule has 0 aliphatic rings. The van der Waals surface area contributed by atoms with Gasteiger partial charge in [-0.25, -0.2) is 4.79 Å². The fourth-order valence-electron chi connectivity index (χ4n) is 1.51. The van der Waals surface area contributed by atoms with Crippen LogP contribution in [0.1, 0.15) is 28.4 Å². The van der Waals surface area contributed by atoms with Crippen molar-refractivity contribution in [2.24, 2.45) is 0 Å². The summed E-state index contributed by atoms with van der Waals surface area (Å²) in [6, 6.07) is 3.48. The summed E-state index contributed by atoms with van der Waals surface area (Å²) in [4.78, 5) is 11.8. The van der Waals surface area contributed by atoms with E-state index in [-0.39, 0.29) is 12.6 Å². The van der Waals surface area contributed by atoms with Crippen LogP contribution in [0.2, 0.25) is 0 Å². The van der Waals surface area contributed by atoms with Crippen molar-refractivity contribution < 1.29 is 14.3 Å². The largest absolute Gasteiger partial charge is 0.460 e. The zero-order valence-corrected chi connectivity index (χ0v) is 10.6. The van der Waals surface area contributed by atoms with Crippen LogP contribution in [0.3, 0.4) is 0 Å². The topological polar surface area (TPSA) is 61.5 Å². The molecule has 0 aliphatic heterocycles. The van der Waals surface area contributed by atoms with Crippen LogP contribution in [0.15, 0.2) is 12.1 Å². The highest BCUT2D eigenvalue weighted by Gasteiger charge is 2.12. The first kappa shape index (κ1) is 13.5. The second kappa shape index (κ2) is 6.25. The number of ether oxygens (including phenoxy) is 2. The molecular formula is C13H19NO3. The number of carbonyl (C=O) groups is 1. The van der Waals surface area contributed by atoms with Crippen LogP contribution in [0.25, 0.3) is 0 Å². The van der Waals surface area contributed by atoms with E-state index in [9.17, 15) is 4.79 Å². The molecule has 1 rings (SSSR count). The Balaban J connectivity index is 2.69. The highest BCUT2D eigenvalue weighted by atomic mass is 16.6. The van der Waals surface area contributed by atoms with Gasteiger partial charge in [-0.1, -0.05) is 0 Å². The van der Waals surface area contributed by atoms with Crippen LogP contribution in [0, 0.1) is 13.8 Å². The van der Waals surface area contributed by atoms with Crippen molar-refractivity contribution in [1.29, 1.82) is 0 Å². The molecule has 0 atom stereocenters. The molecule has 4 heteroatoms. The van der Waals surface area contributed by atoms with E-state index >= 15 is 0 Å². The molecule has 0 bridgehead atoms. The Labute approximate surface area is 102 Å². The molecule has 0 aliphatic carbocycles. The van der Waals surface area contributed by atoms with Gasteiger partial charge < -0.3 is 15.2 Å². The van der Waals surface area contributed by atoms with E-state index in [1.54, 1.807) is 6.07 Å². The Bertz CT molecular complexity index is 402. The summed E-state index contributed by atoms with van der Waals surface area (Å²) in [5, 5.41) is 0. The average molecular weight is 237 g/mol. The number of aryl methyl sites for hydroxylation is 1. The predicted molar refractivity (Wildman–Crippen MR) is 67.1 cm³/mol. The lowest BCUT2D eigenvalue weighted by atomic mass is 10.0. The molecule has 17 heavy (non-hydrogen) atoms. The van der Waals surface area contributed by atoms with E-state index in [1.165, 1.54) is 0 Å². The van der Waals surface area contributed by atoms with Gasteiger partial charge in [-0.05, 0) is 44.0 Å². The molecule has 94 valence electrons. The van der Waals surface area contributed by atoms with Crippen LogP contribution in [0.5, 0.6) is 0 Å². The Morgan fingerprint density at radius 1 is 1.29 bits per heavy atom. The van der Waals surface area contributed by atoms with Crippen molar-refractivity contribution in [2.45, 2.75) is 20.8 Å². The molecule has 1 aromatic carbocycles. The number of rotatable bonds is 5. The van der Waals surface area contributed by atoms with Crippen LogP contribution in [-0.4, -0.2) is 25.8 Å². The first-order valence-electron chi connectivity index (χ1n) is 5.67.